The molecule has 0 aromatic carbocycles. The van der Waals surface area contributed by atoms with Gasteiger partial charge in [0.1, 0.15) is 0 Å². The van der Waals surface area contributed by atoms with E-state index in [4.69, 9.17) is 0 Å². The van der Waals surface area contributed by atoms with Gasteiger partial charge in [0.25, 0.3) is 0 Å². The molecule has 0 unspecified atom stereocenters. The Bertz CT molecular complexity index is 157. The number of aryl methyl sites for hydroxylation is 1. The standard InChI is InChI=1S/C8H11P/c1-2-4-8-5-3-6-9-7-8/h3,5-7H,2,4H2,1H3. The fourth-order valence-electron chi connectivity index (χ4n) is 0.835. The van der Waals surface area contributed by atoms with Crippen LogP contribution in [0.2, 0.25) is 0 Å². The van der Waals surface area contributed by atoms with Crippen molar-refractivity contribution in [2.75, 3.05) is 0 Å². The average Bonchev–Trinajstić information content (AvgIpc) is 1.91. The second-order valence-corrected chi connectivity index (χ2v) is 2.97. The summed E-state index contributed by atoms with van der Waals surface area (Å²) in [4.78, 5) is 0. The van der Waals surface area contributed by atoms with Gasteiger partial charge < -0.3 is 0 Å². The Balaban J connectivity index is 2.61. The van der Waals surface area contributed by atoms with Crippen LogP contribution in [0.5, 0.6) is 0 Å². The Morgan fingerprint density at radius 2 is 2.44 bits per heavy atom. The first-order valence-corrected chi connectivity index (χ1v) is 4.35. The van der Waals surface area contributed by atoms with Gasteiger partial charge in [0, 0.05) is 0 Å². The minimum Gasteiger partial charge on any atom is -0.0762 e. The summed E-state index contributed by atoms with van der Waals surface area (Å²) < 4.78 is 0. The molecule has 1 aromatic rings. The first-order chi connectivity index (χ1) is 4.43. The van der Waals surface area contributed by atoms with E-state index in [1.54, 1.807) is 0 Å². The smallest absolute Gasteiger partial charge is 0.0278 e. The summed E-state index contributed by atoms with van der Waals surface area (Å²) in [5.74, 6) is 4.42. The number of hydrogen-bond donors (Lipinski definition) is 0. The summed E-state index contributed by atoms with van der Waals surface area (Å²) in [6, 6.07) is 4.33. The second-order valence-electron chi connectivity index (χ2n) is 2.11. The molecule has 9 heavy (non-hydrogen) atoms. The Morgan fingerprint density at radius 3 is 3.00 bits per heavy atom. The highest BCUT2D eigenvalue weighted by atomic mass is 31.0. The molecule has 1 rings (SSSR count). The van der Waals surface area contributed by atoms with Crippen molar-refractivity contribution in [1.82, 2.24) is 0 Å². The molecule has 0 radical (unpaired) electrons. The molecule has 0 spiro atoms. The van der Waals surface area contributed by atoms with Gasteiger partial charge in [0.15, 0.2) is 0 Å². The quantitative estimate of drug-likeness (QED) is 0.588. The summed E-state index contributed by atoms with van der Waals surface area (Å²) in [6.07, 6.45) is 2.49. The van der Waals surface area contributed by atoms with Crippen molar-refractivity contribution in [3.63, 3.8) is 0 Å². The van der Waals surface area contributed by atoms with Crippen LogP contribution in [0.15, 0.2) is 23.7 Å². The van der Waals surface area contributed by atoms with Crippen molar-refractivity contribution in [2.24, 2.45) is 0 Å². The lowest BCUT2D eigenvalue weighted by Crippen LogP contribution is -1.77. The molecule has 1 aromatic heterocycles. The molecule has 0 atom stereocenters. The Labute approximate surface area is 58.0 Å². The van der Waals surface area contributed by atoms with Gasteiger partial charge in [-0.1, -0.05) is 33.7 Å². The van der Waals surface area contributed by atoms with Gasteiger partial charge in [-0.3, -0.25) is 0 Å². The molecule has 0 saturated heterocycles. The minimum absolute atomic E-state index is 1.23. The van der Waals surface area contributed by atoms with Gasteiger partial charge in [-0.25, -0.2) is 0 Å². The second kappa shape index (κ2) is 3.63. The monoisotopic (exact) mass is 138 g/mol. The van der Waals surface area contributed by atoms with E-state index in [-0.39, 0.29) is 0 Å². The zero-order valence-electron chi connectivity index (χ0n) is 5.67. The van der Waals surface area contributed by atoms with Crippen LogP contribution in [0.1, 0.15) is 18.9 Å². The molecule has 0 N–H and O–H groups in total. The largest absolute Gasteiger partial charge is 0.0762 e. The first-order valence-electron chi connectivity index (χ1n) is 3.32. The van der Waals surface area contributed by atoms with E-state index in [1.807, 2.05) is 0 Å². The van der Waals surface area contributed by atoms with Crippen molar-refractivity contribution in [2.45, 2.75) is 19.8 Å². The summed E-state index contributed by atoms with van der Waals surface area (Å²) in [5.41, 5.74) is 1.49. The average molecular weight is 138 g/mol. The van der Waals surface area contributed by atoms with E-state index in [1.165, 1.54) is 26.6 Å². The van der Waals surface area contributed by atoms with Gasteiger partial charge >= 0.3 is 0 Å². The summed E-state index contributed by atoms with van der Waals surface area (Å²) in [6.45, 7) is 2.21. The van der Waals surface area contributed by atoms with Gasteiger partial charge in [-0.15, -0.1) is 0 Å². The minimum atomic E-state index is 1.23. The predicted octanol–water partition coefficient (Wildman–Crippen LogP) is 3.22. The van der Waals surface area contributed by atoms with Gasteiger partial charge in [0.05, 0.1) is 0 Å². The molecule has 0 fully saturated rings. The normalized spacial score (nSPS) is 10.3. The molecule has 1 heterocycles. The Morgan fingerprint density at radius 1 is 1.56 bits per heavy atom. The lowest BCUT2D eigenvalue weighted by atomic mass is 10.2. The number of rotatable bonds is 2. The number of hydrogen-bond acceptors (Lipinski definition) is 0. The van der Waals surface area contributed by atoms with E-state index in [0.717, 1.165) is 0 Å². The van der Waals surface area contributed by atoms with Crippen molar-refractivity contribution in [3.8, 4) is 0 Å². The molecule has 0 nitrogen and oxygen atoms in total. The third-order valence-corrected chi connectivity index (χ3v) is 2.09. The highest BCUT2D eigenvalue weighted by molar-refractivity contribution is 7.28. The summed E-state index contributed by atoms with van der Waals surface area (Å²) >= 11 is 0. The van der Waals surface area contributed by atoms with Crippen LogP contribution in [-0.2, 0) is 6.42 Å². The SMILES string of the molecule is CCCc1cccpc1. The summed E-state index contributed by atoms with van der Waals surface area (Å²) in [5, 5.41) is 0. The lowest BCUT2D eigenvalue weighted by Gasteiger charge is -1.93. The van der Waals surface area contributed by atoms with E-state index >= 15 is 0 Å². The zero-order chi connectivity index (χ0) is 6.53. The Kier molecular flexibility index (Phi) is 2.73. The van der Waals surface area contributed by atoms with Crippen LogP contribution in [0.25, 0.3) is 0 Å². The van der Waals surface area contributed by atoms with E-state index in [0.29, 0.717) is 0 Å². The Hall–Kier alpha value is -0.350. The maximum absolute atomic E-state index is 2.27. The molecule has 0 bridgehead atoms. The predicted molar refractivity (Wildman–Crippen MR) is 43.0 cm³/mol. The molecule has 0 aliphatic heterocycles. The van der Waals surface area contributed by atoms with Crippen LogP contribution in [-0.4, -0.2) is 0 Å². The van der Waals surface area contributed by atoms with E-state index in [9.17, 15) is 0 Å². The molecular weight excluding hydrogens is 127 g/mol. The first kappa shape index (κ1) is 6.77. The highest BCUT2D eigenvalue weighted by Crippen LogP contribution is 2.09. The topological polar surface area (TPSA) is 0 Å². The van der Waals surface area contributed by atoms with Gasteiger partial charge in [-0.2, -0.15) is 0 Å². The fraction of sp³-hybridized carbons (Fsp3) is 0.375. The van der Waals surface area contributed by atoms with E-state index < -0.39 is 0 Å². The molecule has 48 valence electrons. The zero-order valence-corrected chi connectivity index (χ0v) is 6.57. The summed E-state index contributed by atoms with van der Waals surface area (Å²) in [7, 11) is 1.34. The van der Waals surface area contributed by atoms with Crippen LogP contribution >= 0.6 is 8.19 Å². The maximum Gasteiger partial charge on any atom is -0.0278 e. The molecule has 1 heteroatoms. The third kappa shape index (κ3) is 2.15. The van der Waals surface area contributed by atoms with E-state index in [2.05, 4.69) is 30.7 Å². The molecule has 0 amide bonds. The van der Waals surface area contributed by atoms with Crippen molar-refractivity contribution in [1.29, 1.82) is 0 Å². The fourth-order valence-corrected chi connectivity index (χ4v) is 1.51. The third-order valence-electron chi connectivity index (χ3n) is 1.26. The van der Waals surface area contributed by atoms with Crippen molar-refractivity contribution >= 4 is 8.19 Å². The van der Waals surface area contributed by atoms with Crippen molar-refractivity contribution < 1.29 is 0 Å². The maximum atomic E-state index is 2.27. The molecule has 0 saturated carbocycles. The highest BCUT2D eigenvalue weighted by Gasteiger charge is 1.85. The van der Waals surface area contributed by atoms with Crippen LogP contribution < -0.4 is 0 Å². The van der Waals surface area contributed by atoms with Crippen LogP contribution in [0, 0.1) is 0 Å². The van der Waals surface area contributed by atoms with Crippen molar-refractivity contribution in [3.05, 3.63) is 29.3 Å². The molecular formula is C8H11P. The lowest BCUT2D eigenvalue weighted by molar-refractivity contribution is 0.925. The van der Waals surface area contributed by atoms with Gasteiger partial charge in [0.2, 0.25) is 0 Å². The van der Waals surface area contributed by atoms with Crippen LogP contribution in [0.4, 0.5) is 0 Å². The molecule has 0 aliphatic carbocycles. The van der Waals surface area contributed by atoms with Gasteiger partial charge in [-0.05, 0) is 23.6 Å². The van der Waals surface area contributed by atoms with Crippen LogP contribution in [0.3, 0.4) is 0 Å². The molecule has 0 aliphatic rings.